The Morgan fingerprint density at radius 2 is 1.82 bits per heavy atom. The summed E-state index contributed by atoms with van der Waals surface area (Å²) in [5.41, 5.74) is -1.73. The number of carboxylic acids is 1. The Labute approximate surface area is 176 Å². The minimum absolute atomic E-state index is 0.00873. The van der Waals surface area contributed by atoms with Crippen LogP contribution in [-0.4, -0.2) is 22.9 Å². The highest BCUT2D eigenvalue weighted by Gasteiger charge is 2.61. The van der Waals surface area contributed by atoms with Gasteiger partial charge in [-0.1, -0.05) is 57.0 Å². The van der Waals surface area contributed by atoms with E-state index < -0.39 is 29.7 Å². The molecule has 0 amide bonds. The SMILES string of the molecule is CCC1(C(F)(F)F)Oc2cc(Cc3ccccc3Br)c(Br)cc2C=C1C(=O)O. The lowest BCUT2D eigenvalue weighted by Gasteiger charge is -2.39. The van der Waals surface area contributed by atoms with Gasteiger partial charge in [-0.15, -0.1) is 0 Å². The summed E-state index contributed by atoms with van der Waals surface area (Å²) >= 11 is 6.89. The monoisotopic (exact) mass is 518 g/mol. The van der Waals surface area contributed by atoms with Crippen molar-refractivity contribution in [2.24, 2.45) is 0 Å². The molecule has 0 bridgehead atoms. The number of hydrogen-bond acceptors (Lipinski definition) is 2. The first-order valence-corrected chi connectivity index (χ1v) is 9.94. The van der Waals surface area contributed by atoms with E-state index in [4.69, 9.17) is 4.74 Å². The van der Waals surface area contributed by atoms with Crippen LogP contribution in [0.3, 0.4) is 0 Å². The smallest absolute Gasteiger partial charge is 0.432 e. The fourth-order valence-electron chi connectivity index (χ4n) is 3.22. The van der Waals surface area contributed by atoms with E-state index >= 15 is 0 Å². The van der Waals surface area contributed by atoms with Crippen molar-refractivity contribution in [3.8, 4) is 5.75 Å². The lowest BCUT2D eigenvalue weighted by atomic mass is 9.85. The highest BCUT2D eigenvalue weighted by molar-refractivity contribution is 9.10. The van der Waals surface area contributed by atoms with Gasteiger partial charge in [-0.05, 0) is 48.2 Å². The minimum Gasteiger partial charge on any atom is -0.478 e. The Morgan fingerprint density at radius 3 is 2.39 bits per heavy atom. The zero-order valence-corrected chi connectivity index (χ0v) is 17.8. The molecule has 3 nitrogen and oxygen atoms in total. The van der Waals surface area contributed by atoms with Crippen LogP contribution in [0.25, 0.3) is 6.08 Å². The number of fused-ring (bicyclic) bond motifs is 1. The van der Waals surface area contributed by atoms with Gasteiger partial charge in [0.15, 0.2) is 0 Å². The molecule has 1 heterocycles. The first-order chi connectivity index (χ1) is 13.1. The van der Waals surface area contributed by atoms with Crippen molar-refractivity contribution in [3.05, 3.63) is 67.6 Å². The van der Waals surface area contributed by atoms with Crippen molar-refractivity contribution >= 4 is 43.9 Å². The average Bonchev–Trinajstić information content (AvgIpc) is 2.62. The van der Waals surface area contributed by atoms with Crippen molar-refractivity contribution in [3.63, 3.8) is 0 Å². The molecule has 1 atom stereocenters. The van der Waals surface area contributed by atoms with E-state index in [-0.39, 0.29) is 11.3 Å². The molecule has 28 heavy (non-hydrogen) atoms. The molecule has 1 unspecified atom stereocenters. The molecule has 2 aromatic carbocycles. The van der Waals surface area contributed by atoms with E-state index in [1.165, 1.54) is 13.0 Å². The normalized spacial score (nSPS) is 18.9. The number of hydrogen-bond donors (Lipinski definition) is 1. The maximum absolute atomic E-state index is 13.8. The number of benzene rings is 2. The van der Waals surface area contributed by atoms with Crippen LogP contribution in [-0.2, 0) is 11.2 Å². The van der Waals surface area contributed by atoms with Crippen LogP contribution in [0.15, 0.2) is 50.9 Å². The lowest BCUT2D eigenvalue weighted by Crippen LogP contribution is -2.54. The van der Waals surface area contributed by atoms with Gasteiger partial charge >= 0.3 is 12.1 Å². The van der Waals surface area contributed by atoms with Gasteiger partial charge in [0, 0.05) is 14.5 Å². The summed E-state index contributed by atoms with van der Waals surface area (Å²) < 4.78 is 48.4. The van der Waals surface area contributed by atoms with Gasteiger partial charge in [-0.2, -0.15) is 13.2 Å². The van der Waals surface area contributed by atoms with Crippen molar-refractivity contribution in [1.29, 1.82) is 0 Å². The summed E-state index contributed by atoms with van der Waals surface area (Å²) in [6.07, 6.45) is -3.92. The van der Waals surface area contributed by atoms with E-state index in [0.29, 0.717) is 10.9 Å². The predicted octanol–water partition coefficient (Wildman–Crippen LogP) is 6.37. The molecule has 0 radical (unpaired) electrons. The van der Waals surface area contributed by atoms with E-state index in [1.54, 1.807) is 6.07 Å². The molecule has 0 saturated carbocycles. The summed E-state index contributed by atoms with van der Waals surface area (Å²) in [6.45, 7) is 1.26. The number of rotatable bonds is 4. The molecule has 1 aliphatic rings. The predicted molar refractivity (Wildman–Crippen MR) is 106 cm³/mol. The van der Waals surface area contributed by atoms with Crippen molar-refractivity contribution in [2.45, 2.75) is 31.5 Å². The van der Waals surface area contributed by atoms with E-state index in [1.807, 2.05) is 24.3 Å². The Hall–Kier alpha value is -1.80. The maximum Gasteiger partial charge on any atom is 0.432 e. The Balaban J connectivity index is 2.12. The van der Waals surface area contributed by atoms with Crippen LogP contribution in [0, 0.1) is 0 Å². The van der Waals surface area contributed by atoms with E-state index in [2.05, 4.69) is 31.9 Å². The van der Waals surface area contributed by atoms with Gasteiger partial charge in [0.1, 0.15) is 5.75 Å². The topological polar surface area (TPSA) is 46.5 Å². The molecule has 0 spiro atoms. The fraction of sp³-hybridized carbons (Fsp3) is 0.250. The molecule has 2 aromatic rings. The molecule has 1 aliphatic heterocycles. The number of carboxylic acid groups (broad SMARTS) is 1. The average molecular weight is 520 g/mol. The molecule has 0 aliphatic carbocycles. The van der Waals surface area contributed by atoms with E-state index in [9.17, 15) is 23.1 Å². The molecular weight excluding hydrogens is 505 g/mol. The first-order valence-electron chi connectivity index (χ1n) is 8.36. The van der Waals surface area contributed by atoms with E-state index in [0.717, 1.165) is 21.7 Å². The summed E-state index contributed by atoms with van der Waals surface area (Å²) in [6, 6.07) is 10.6. The molecule has 3 rings (SSSR count). The van der Waals surface area contributed by atoms with Crippen molar-refractivity contribution in [1.82, 2.24) is 0 Å². The van der Waals surface area contributed by atoms with Crippen LogP contribution < -0.4 is 4.74 Å². The zero-order valence-electron chi connectivity index (χ0n) is 14.6. The number of ether oxygens (including phenoxy) is 1. The second-order valence-corrected chi connectivity index (χ2v) is 8.10. The standard InChI is InChI=1S/C20H15Br2F3O3/c1-2-19(20(23,24)25)14(18(26)27)8-13-9-16(22)12(10-17(13)28-19)7-11-5-3-4-6-15(11)21/h3-6,8-10H,2,7H2,1H3,(H,26,27). The molecule has 1 N–H and O–H groups in total. The Bertz CT molecular complexity index is 970. The Kier molecular flexibility index (Phi) is 5.64. The molecule has 8 heteroatoms. The number of aliphatic carboxylic acids is 1. The lowest BCUT2D eigenvalue weighted by molar-refractivity contribution is -0.236. The van der Waals surface area contributed by atoms with Crippen molar-refractivity contribution in [2.75, 3.05) is 0 Å². The van der Waals surface area contributed by atoms with Crippen molar-refractivity contribution < 1.29 is 27.8 Å². The van der Waals surface area contributed by atoms with Gasteiger partial charge in [0.05, 0.1) is 5.57 Å². The zero-order chi connectivity index (χ0) is 20.7. The summed E-state index contributed by atoms with van der Waals surface area (Å²) in [7, 11) is 0. The van der Waals surface area contributed by atoms with Gasteiger partial charge < -0.3 is 9.84 Å². The van der Waals surface area contributed by atoms with Crippen LogP contribution >= 0.6 is 31.9 Å². The van der Waals surface area contributed by atoms with Crippen LogP contribution in [0.2, 0.25) is 0 Å². The summed E-state index contributed by atoms with van der Waals surface area (Å²) in [5.74, 6) is -1.65. The third-order valence-corrected chi connectivity index (χ3v) is 6.23. The maximum atomic E-state index is 13.8. The largest absolute Gasteiger partial charge is 0.478 e. The second kappa shape index (κ2) is 7.55. The van der Waals surface area contributed by atoms with Crippen LogP contribution in [0.1, 0.15) is 30.0 Å². The highest BCUT2D eigenvalue weighted by Crippen LogP contribution is 2.48. The Morgan fingerprint density at radius 1 is 1.14 bits per heavy atom. The van der Waals surface area contributed by atoms with Gasteiger partial charge in [0.25, 0.3) is 0 Å². The second-order valence-electron chi connectivity index (χ2n) is 6.39. The molecule has 0 saturated heterocycles. The molecular formula is C20H15Br2F3O3. The fourth-order valence-corrected chi connectivity index (χ4v) is 4.14. The number of carbonyl (C=O) groups is 1. The molecule has 148 valence electrons. The van der Waals surface area contributed by atoms with Crippen LogP contribution in [0.5, 0.6) is 5.75 Å². The number of halogens is 5. The number of alkyl halides is 3. The summed E-state index contributed by atoms with van der Waals surface area (Å²) in [4.78, 5) is 11.6. The third-order valence-electron chi connectivity index (χ3n) is 4.72. The molecule has 0 aromatic heterocycles. The summed E-state index contributed by atoms with van der Waals surface area (Å²) in [5, 5.41) is 9.38. The van der Waals surface area contributed by atoms with Gasteiger partial charge in [0.2, 0.25) is 5.60 Å². The van der Waals surface area contributed by atoms with Gasteiger partial charge in [-0.3, -0.25) is 0 Å². The minimum atomic E-state index is -4.88. The quantitative estimate of drug-likeness (QED) is 0.510. The van der Waals surface area contributed by atoms with Crippen LogP contribution in [0.4, 0.5) is 13.2 Å². The third kappa shape index (κ3) is 3.59. The first kappa shape index (κ1) is 20.9. The highest BCUT2D eigenvalue weighted by atomic mass is 79.9. The van der Waals surface area contributed by atoms with Gasteiger partial charge in [-0.25, -0.2) is 4.79 Å². The molecule has 0 fully saturated rings.